The van der Waals surface area contributed by atoms with Crippen LogP contribution in [0.4, 0.5) is 0 Å². The molecule has 0 saturated carbocycles. The Kier molecular flexibility index (Phi) is 5.55. The monoisotopic (exact) mass is 347 g/mol. The first-order valence-corrected chi connectivity index (χ1v) is 8.66. The van der Waals surface area contributed by atoms with Crippen LogP contribution >= 0.6 is 0 Å². The Morgan fingerprint density at radius 2 is 2.08 bits per heavy atom. The summed E-state index contributed by atoms with van der Waals surface area (Å²) in [5, 5.41) is 2.84. The molecule has 1 aromatic heterocycles. The molecule has 0 aliphatic carbocycles. The average Bonchev–Trinajstić information content (AvgIpc) is 2.85. The maximum Gasteiger partial charge on any atom is 0.328 e. The number of aromatic nitrogens is 2. The summed E-state index contributed by atoms with van der Waals surface area (Å²) in [6, 6.07) is 5.74. The minimum absolute atomic E-state index is 0.0337. The Morgan fingerprint density at radius 3 is 2.84 bits per heavy atom. The number of carbonyl (C=O) groups is 1. The van der Waals surface area contributed by atoms with Crippen LogP contribution in [0.3, 0.4) is 0 Å². The molecule has 2 aromatic rings. The fourth-order valence-corrected chi connectivity index (χ4v) is 3.14. The van der Waals surface area contributed by atoms with Crippen molar-refractivity contribution in [2.75, 3.05) is 19.8 Å². The highest BCUT2D eigenvalue weighted by Crippen LogP contribution is 2.14. The first kappa shape index (κ1) is 17.7. The molecule has 1 N–H and O–H groups in total. The molecular weight excluding hydrogens is 322 g/mol. The molecule has 0 spiro atoms. The van der Waals surface area contributed by atoms with E-state index in [0.717, 1.165) is 42.5 Å². The summed E-state index contributed by atoms with van der Waals surface area (Å²) in [6.07, 6.45) is 3.37. The van der Waals surface area contributed by atoms with Crippen LogP contribution in [-0.4, -0.2) is 41.0 Å². The summed E-state index contributed by atoms with van der Waals surface area (Å²) in [7, 11) is 3.49. The van der Waals surface area contributed by atoms with Gasteiger partial charge in [-0.15, -0.1) is 0 Å². The van der Waals surface area contributed by atoms with E-state index in [9.17, 15) is 9.59 Å². The molecule has 7 nitrogen and oxygen atoms in total. The lowest BCUT2D eigenvalue weighted by molar-refractivity contribution is -0.128. The zero-order valence-electron chi connectivity index (χ0n) is 14.8. The summed E-state index contributed by atoms with van der Waals surface area (Å²) in [5.74, 6) is -0.155. The first-order valence-electron chi connectivity index (χ1n) is 8.66. The lowest BCUT2D eigenvalue weighted by atomic mass is 10.1. The van der Waals surface area contributed by atoms with Crippen LogP contribution in [0.15, 0.2) is 23.0 Å². The van der Waals surface area contributed by atoms with Gasteiger partial charge in [0.25, 0.3) is 0 Å². The Labute approximate surface area is 146 Å². The van der Waals surface area contributed by atoms with E-state index >= 15 is 0 Å². The van der Waals surface area contributed by atoms with Crippen LogP contribution in [0, 0.1) is 0 Å². The molecule has 1 aliphatic heterocycles. The normalized spacial score (nSPS) is 17.8. The molecule has 3 rings (SSSR count). The summed E-state index contributed by atoms with van der Waals surface area (Å²) in [6.45, 7) is 1.68. The fraction of sp³-hybridized carbons (Fsp3) is 0.556. The second kappa shape index (κ2) is 7.84. The Bertz CT molecular complexity index is 802. The van der Waals surface area contributed by atoms with Crippen molar-refractivity contribution in [3.63, 3.8) is 0 Å². The highest BCUT2D eigenvalue weighted by atomic mass is 16.5. The number of amides is 1. The molecule has 7 heteroatoms. The van der Waals surface area contributed by atoms with Crippen LogP contribution < -0.4 is 11.0 Å². The number of hydrogen-bond acceptors (Lipinski definition) is 4. The number of aryl methyl sites for hydroxylation is 2. The quantitative estimate of drug-likeness (QED) is 0.848. The summed E-state index contributed by atoms with van der Waals surface area (Å²) in [4.78, 5) is 23.9. The van der Waals surface area contributed by atoms with E-state index in [1.807, 2.05) is 18.2 Å². The molecule has 0 radical (unpaired) electrons. The van der Waals surface area contributed by atoms with Gasteiger partial charge in [-0.2, -0.15) is 0 Å². The van der Waals surface area contributed by atoms with Gasteiger partial charge in [-0.1, -0.05) is 6.07 Å². The Hall–Kier alpha value is -2.12. The van der Waals surface area contributed by atoms with Crippen molar-refractivity contribution in [3.8, 4) is 0 Å². The van der Waals surface area contributed by atoms with Crippen LogP contribution in [0.25, 0.3) is 11.0 Å². The average molecular weight is 347 g/mol. The Morgan fingerprint density at radius 1 is 1.28 bits per heavy atom. The van der Waals surface area contributed by atoms with E-state index in [-0.39, 0.29) is 24.3 Å². The van der Waals surface area contributed by atoms with Crippen molar-refractivity contribution >= 4 is 16.9 Å². The number of hydrogen-bond donors (Lipinski definition) is 1. The van der Waals surface area contributed by atoms with Crippen LogP contribution in [-0.2, 0) is 34.9 Å². The van der Waals surface area contributed by atoms with Gasteiger partial charge in [-0.25, -0.2) is 4.79 Å². The standard InChI is InChI=1S/C18H25N3O4/c1-20-15-7-6-13(9-16(15)21(2)18(20)23)10-19-17(22)12-24-11-14-5-3-4-8-25-14/h6-7,9,14H,3-5,8,10-12H2,1-2H3,(H,19,22)/t14-/m1/s1. The van der Waals surface area contributed by atoms with Crippen molar-refractivity contribution in [2.45, 2.75) is 31.9 Å². The highest BCUT2D eigenvalue weighted by molar-refractivity contribution is 5.78. The molecular formula is C18H25N3O4. The van der Waals surface area contributed by atoms with Gasteiger partial charge in [0.05, 0.1) is 23.7 Å². The number of nitrogens with one attached hydrogen (secondary N) is 1. The third-order valence-electron chi connectivity index (χ3n) is 4.64. The molecule has 2 heterocycles. The molecule has 25 heavy (non-hydrogen) atoms. The molecule has 1 amide bonds. The van der Waals surface area contributed by atoms with Crippen LogP contribution in [0.2, 0.25) is 0 Å². The topological polar surface area (TPSA) is 74.5 Å². The van der Waals surface area contributed by atoms with Gasteiger partial charge >= 0.3 is 5.69 Å². The van der Waals surface area contributed by atoms with E-state index in [1.54, 1.807) is 23.2 Å². The minimum Gasteiger partial charge on any atom is -0.376 e. The minimum atomic E-state index is -0.155. The van der Waals surface area contributed by atoms with Crippen molar-refractivity contribution in [1.29, 1.82) is 0 Å². The van der Waals surface area contributed by atoms with E-state index < -0.39 is 0 Å². The van der Waals surface area contributed by atoms with Gasteiger partial charge in [0.15, 0.2) is 0 Å². The van der Waals surface area contributed by atoms with E-state index in [4.69, 9.17) is 9.47 Å². The van der Waals surface area contributed by atoms with Crippen molar-refractivity contribution in [3.05, 3.63) is 34.2 Å². The highest BCUT2D eigenvalue weighted by Gasteiger charge is 2.14. The maximum atomic E-state index is 11.9. The fourth-order valence-electron chi connectivity index (χ4n) is 3.14. The molecule has 1 aromatic carbocycles. The number of rotatable bonds is 6. The van der Waals surface area contributed by atoms with Crippen LogP contribution in [0.1, 0.15) is 24.8 Å². The zero-order valence-corrected chi connectivity index (χ0v) is 14.8. The molecule has 1 atom stereocenters. The van der Waals surface area contributed by atoms with Crippen molar-refractivity contribution < 1.29 is 14.3 Å². The lowest BCUT2D eigenvalue weighted by Crippen LogP contribution is -2.30. The summed E-state index contributed by atoms with van der Waals surface area (Å²) >= 11 is 0. The van der Waals surface area contributed by atoms with Crippen LogP contribution in [0.5, 0.6) is 0 Å². The predicted octanol–water partition coefficient (Wildman–Crippen LogP) is 1.08. The van der Waals surface area contributed by atoms with Gasteiger partial charge in [0.2, 0.25) is 5.91 Å². The summed E-state index contributed by atoms with van der Waals surface area (Å²) in [5.41, 5.74) is 2.61. The largest absolute Gasteiger partial charge is 0.376 e. The van der Waals surface area contributed by atoms with E-state index in [1.165, 1.54) is 0 Å². The predicted molar refractivity (Wildman–Crippen MR) is 94.4 cm³/mol. The number of ether oxygens (including phenoxy) is 2. The molecule has 1 saturated heterocycles. The lowest BCUT2D eigenvalue weighted by Gasteiger charge is -2.22. The number of imidazole rings is 1. The number of carbonyl (C=O) groups excluding carboxylic acids is 1. The van der Waals surface area contributed by atoms with Gasteiger partial charge < -0.3 is 14.8 Å². The van der Waals surface area contributed by atoms with E-state index in [0.29, 0.717) is 13.2 Å². The molecule has 0 bridgehead atoms. The van der Waals surface area contributed by atoms with Gasteiger partial charge in [0.1, 0.15) is 6.61 Å². The zero-order chi connectivity index (χ0) is 17.8. The third kappa shape index (κ3) is 4.11. The van der Waals surface area contributed by atoms with Gasteiger partial charge in [-0.05, 0) is 37.0 Å². The second-order valence-corrected chi connectivity index (χ2v) is 6.50. The SMILES string of the molecule is Cn1c(=O)n(C)c2cc(CNC(=O)COC[C@H]3CCCCO3)ccc21. The second-order valence-electron chi connectivity index (χ2n) is 6.50. The number of benzene rings is 1. The smallest absolute Gasteiger partial charge is 0.328 e. The summed E-state index contributed by atoms with van der Waals surface area (Å²) < 4.78 is 14.2. The molecule has 1 aliphatic rings. The van der Waals surface area contributed by atoms with E-state index in [2.05, 4.69) is 5.32 Å². The van der Waals surface area contributed by atoms with Gasteiger partial charge in [0, 0.05) is 27.2 Å². The Balaban J connectivity index is 1.49. The molecule has 0 unspecified atom stereocenters. The maximum absolute atomic E-state index is 11.9. The van der Waals surface area contributed by atoms with Crippen molar-refractivity contribution in [2.24, 2.45) is 14.1 Å². The third-order valence-corrected chi connectivity index (χ3v) is 4.64. The number of fused-ring (bicyclic) bond motifs is 1. The molecule has 1 fully saturated rings. The van der Waals surface area contributed by atoms with Crippen molar-refractivity contribution in [1.82, 2.24) is 14.5 Å². The van der Waals surface area contributed by atoms with Gasteiger partial charge in [-0.3, -0.25) is 13.9 Å². The first-order chi connectivity index (χ1) is 12.1. The molecule has 136 valence electrons. The number of nitrogens with zero attached hydrogens (tertiary/aromatic N) is 2.